The largest absolute Gasteiger partial charge is 0.462 e. The molecule has 1 unspecified atom stereocenters. The molecule has 20 heavy (non-hydrogen) atoms. The van der Waals surface area contributed by atoms with Gasteiger partial charge >= 0.3 is 11.9 Å². The summed E-state index contributed by atoms with van der Waals surface area (Å²) in [5.74, 6) is -1.02. The van der Waals surface area contributed by atoms with Crippen LogP contribution >= 0.6 is 9.24 Å². The van der Waals surface area contributed by atoms with Crippen molar-refractivity contribution in [2.75, 3.05) is 13.2 Å². The third kappa shape index (κ3) is 7.14. The molecule has 0 saturated heterocycles. The number of benzene rings is 1. The summed E-state index contributed by atoms with van der Waals surface area (Å²) < 4.78 is 30.3. The molecule has 0 amide bonds. The average molecular weight is 306 g/mol. The van der Waals surface area contributed by atoms with Crippen molar-refractivity contribution in [1.29, 1.82) is 0 Å². The Morgan fingerprint density at radius 1 is 1.05 bits per heavy atom. The highest BCUT2D eigenvalue weighted by Crippen LogP contribution is 2.11. The second-order valence-corrected chi connectivity index (χ2v) is 3.82. The number of ether oxygens (including phenoxy) is 2. The SMILES string of the molecule is CCOC(=O)c1ccccc1C(=O)OCC.FC(F)P. The predicted octanol–water partition coefficient (Wildman–Crippen LogP) is 3.12. The summed E-state index contributed by atoms with van der Waals surface area (Å²) in [6.45, 7) is 3.97. The molecule has 0 spiro atoms. The fourth-order valence-electron chi connectivity index (χ4n) is 1.26. The lowest BCUT2D eigenvalue weighted by Crippen LogP contribution is -2.13. The quantitative estimate of drug-likeness (QED) is 0.633. The summed E-state index contributed by atoms with van der Waals surface area (Å²) in [6.07, 6.45) is -2.25. The zero-order valence-corrected chi connectivity index (χ0v) is 12.4. The van der Waals surface area contributed by atoms with Crippen LogP contribution in [0.1, 0.15) is 34.6 Å². The maximum atomic E-state index is 11.5. The molecule has 0 aliphatic carbocycles. The van der Waals surface area contributed by atoms with Crippen LogP contribution in [0, 0.1) is 0 Å². The summed E-state index contributed by atoms with van der Waals surface area (Å²) in [6, 6.07) is 6.44. The molecule has 1 rings (SSSR count). The minimum absolute atomic E-state index is 0.239. The number of rotatable bonds is 4. The molecule has 1 atom stereocenters. The maximum absolute atomic E-state index is 11.5. The topological polar surface area (TPSA) is 52.6 Å². The third-order valence-corrected chi connectivity index (χ3v) is 1.92. The van der Waals surface area contributed by atoms with Gasteiger partial charge in [-0.15, -0.1) is 0 Å². The smallest absolute Gasteiger partial charge is 0.338 e. The van der Waals surface area contributed by atoms with Crippen LogP contribution in [0.3, 0.4) is 0 Å². The highest BCUT2D eigenvalue weighted by Gasteiger charge is 2.17. The van der Waals surface area contributed by atoms with Crippen LogP contribution in [0.15, 0.2) is 24.3 Å². The van der Waals surface area contributed by atoms with Gasteiger partial charge in [0.15, 0.2) is 0 Å². The van der Waals surface area contributed by atoms with Crippen molar-refractivity contribution in [3.05, 3.63) is 35.4 Å². The molecule has 0 heterocycles. The average Bonchev–Trinajstić information content (AvgIpc) is 2.38. The van der Waals surface area contributed by atoms with Crippen molar-refractivity contribution in [2.24, 2.45) is 0 Å². The molecule has 7 heteroatoms. The first-order valence-electron chi connectivity index (χ1n) is 5.91. The van der Waals surface area contributed by atoms with Gasteiger partial charge in [-0.3, -0.25) is 0 Å². The van der Waals surface area contributed by atoms with Crippen molar-refractivity contribution < 1.29 is 27.8 Å². The minimum atomic E-state index is -2.25. The van der Waals surface area contributed by atoms with Gasteiger partial charge in [-0.2, -0.15) is 0 Å². The van der Waals surface area contributed by atoms with Gasteiger partial charge in [0.1, 0.15) is 0 Å². The summed E-state index contributed by atoms with van der Waals surface area (Å²) in [7, 11) is 1.32. The van der Waals surface area contributed by atoms with Crippen LogP contribution in [0.2, 0.25) is 0 Å². The van der Waals surface area contributed by atoms with E-state index in [9.17, 15) is 18.4 Å². The zero-order valence-electron chi connectivity index (χ0n) is 11.3. The van der Waals surface area contributed by atoms with E-state index in [1.165, 1.54) is 9.24 Å². The van der Waals surface area contributed by atoms with Gasteiger partial charge in [0.25, 0.3) is 0 Å². The number of hydrogen-bond donors (Lipinski definition) is 0. The van der Waals surface area contributed by atoms with E-state index in [-0.39, 0.29) is 24.3 Å². The van der Waals surface area contributed by atoms with Gasteiger partial charge in [0.2, 0.25) is 6.17 Å². The second-order valence-electron chi connectivity index (χ2n) is 3.32. The molecule has 0 N–H and O–H groups in total. The molecular formula is C13H17F2O4P. The highest BCUT2D eigenvalue weighted by atomic mass is 31.0. The van der Waals surface area contributed by atoms with Crippen molar-refractivity contribution in [2.45, 2.75) is 20.0 Å². The Balaban J connectivity index is 0.000000796. The van der Waals surface area contributed by atoms with Crippen LogP contribution in [0.25, 0.3) is 0 Å². The number of esters is 2. The second kappa shape index (κ2) is 10.3. The molecule has 1 aromatic carbocycles. The summed E-state index contributed by atoms with van der Waals surface area (Å²) in [4.78, 5) is 23.1. The van der Waals surface area contributed by atoms with Crippen molar-refractivity contribution in [3.63, 3.8) is 0 Å². The predicted molar refractivity (Wildman–Crippen MR) is 74.1 cm³/mol. The number of hydrogen-bond acceptors (Lipinski definition) is 4. The lowest BCUT2D eigenvalue weighted by atomic mass is 10.1. The molecule has 1 aromatic rings. The molecule has 0 aliphatic rings. The Kier molecular flexibility index (Phi) is 9.47. The molecule has 0 aromatic heterocycles. The first-order chi connectivity index (χ1) is 9.43. The Labute approximate surface area is 118 Å². The van der Waals surface area contributed by atoms with E-state index in [4.69, 9.17) is 9.47 Å². The molecule has 0 bridgehead atoms. The van der Waals surface area contributed by atoms with Gasteiger partial charge in [0, 0.05) is 0 Å². The van der Waals surface area contributed by atoms with E-state index in [1.807, 2.05) is 0 Å². The molecule has 0 aliphatic heterocycles. The number of carbonyl (C=O) groups excluding carboxylic acids is 2. The standard InChI is InChI=1S/C12H14O4.CH3F2P/c1-3-15-11(13)9-7-5-6-8-10(9)12(14)16-4-2;2-1(3)4/h5-8H,3-4H2,1-2H3;1H,4H2. The maximum Gasteiger partial charge on any atom is 0.338 e. The highest BCUT2D eigenvalue weighted by molar-refractivity contribution is 7.16. The first-order valence-corrected chi connectivity index (χ1v) is 6.57. The van der Waals surface area contributed by atoms with Crippen LogP contribution < -0.4 is 0 Å². The normalized spacial score (nSPS) is 9.50. The summed E-state index contributed by atoms with van der Waals surface area (Å²) in [5.41, 5.74) is 0.477. The Morgan fingerprint density at radius 3 is 1.60 bits per heavy atom. The van der Waals surface area contributed by atoms with Crippen LogP contribution in [0.4, 0.5) is 8.78 Å². The fraction of sp³-hybridized carbons (Fsp3) is 0.385. The fourth-order valence-corrected chi connectivity index (χ4v) is 1.26. The number of carbonyl (C=O) groups is 2. The van der Waals surface area contributed by atoms with Crippen molar-refractivity contribution in [3.8, 4) is 0 Å². The van der Waals surface area contributed by atoms with Crippen LogP contribution in [-0.2, 0) is 9.47 Å². The number of alkyl halides is 2. The molecular weight excluding hydrogens is 289 g/mol. The zero-order chi connectivity index (χ0) is 15.5. The lowest BCUT2D eigenvalue weighted by Gasteiger charge is -2.07. The molecule has 0 saturated carbocycles. The van der Waals surface area contributed by atoms with E-state index in [0.29, 0.717) is 0 Å². The monoisotopic (exact) mass is 306 g/mol. The van der Waals surface area contributed by atoms with E-state index >= 15 is 0 Å². The minimum Gasteiger partial charge on any atom is -0.462 e. The Bertz CT molecular complexity index is 398. The van der Waals surface area contributed by atoms with Crippen molar-refractivity contribution >= 4 is 21.2 Å². The van der Waals surface area contributed by atoms with E-state index in [0.717, 1.165) is 0 Å². The van der Waals surface area contributed by atoms with E-state index in [1.54, 1.807) is 38.1 Å². The van der Waals surface area contributed by atoms with Crippen LogP contribution in [-0.4, -0.2) is 31.3 Å². The molecule has 4 nitrogen and oxygen atoms in total. The van der Waals surface area contributed by atoms with E-state index < -0.39 is 18.1 Å². The van der Waals surface area contributed by atoms with E-state index in [2.05, 4.69) is 0 Å². The molecule has 0 fully saturated rings. The lowest BCUT2D eigenvalue weighted by molar-refractivity contribution is 0.0479. The first kappa shape index (κ1) is 18.4. The Hall–Kier alpha value is -1.55. The number of halogens is 2. The summed E-state index contributed by atoms with van der Waals surface area (Å²) in [5, 5.41) is 0. The molecule has 0 radical (unpaired) electrons. The molecule has 112 valence electrons. The third-order valence-electron chi connectivity index (χ3n) is 1.92. The van der Waals surface area contributed by atoms with Gasteiger partial charge in [-0.1, -0.05) is 21.4 Å². The van der Waals surface area contributed by atoms with Crippen molar-refractivity contribution in [1.82, 2.24) is 0 Å². The van der Waals surface area contributed by atoms with Gasteiger partial charge < -0.3 is 9.47 Å². The van der Waals surface area contributed by atoms with Gasteiger partial charge in [0.05, 0.1) is 24.3 Å². The van der Waals surface area contributed by atoms with Gasteiger partial charge in [-0.05, 0) is 26.0 Å². The van der Waals surface area contributed by atoms with Gasteiger partial charge in [-0.25, -0.2) is 18.4 Å². The summed E-state index contributed by atoms with van der Waals surface area (Å²) >= 11 is 0. The Morgan fingerprint density at radius 2 is 1.35 bits per heavy atom. The van der Waals surface area contributed by atoms with Crippen LogP contribution in [0.5, 0.6) is 0 Å².